The molecule has 0 aliphatic carbocycles. The summed E-state index contributed by atoms with van der Waals surface area (Å²) in [5.74, 6) is 0. The van der Waals surface area contributed by atoms with Crippen LogP contribution in [0.3, 0.4) is 0 Å². The SMILES string of the molecule is c1ccc(-c2c(-c3ccccc3)n(-c3ccc(-n4c5ccccc5c5ccccc54)cc3)c3cc4c(-c5ccccc5)c(-c5ccccc5)n(-c5ccc(-n6c7ccccc7c7ccccc76)cc5)c4cc23)cc1. The van der Waals surface area contributed by atoms with Crippen LogP contribution in [-0.2, 0) is 0 Å². The molecule has 0 unspecified atom stereocenters. The number of benzene rings is 11. The third kappa shape index (κ3) is 6.42. The minimum absolute atomic E-state index is 1.09. The molecule has 0 bridgehead atoms. The summed E-state index contributed by atoms with van der Waals surface area (Å²) >= 11 is 0. The van der Waals surface area contributed by atoms with Crippen LogP contribution in [0.5, 0.6) is 0 Å². The fourth-order valence-corrected chi connectivity index (χ4v) is 12.0. The van der Waals surface area contributed by atoms with E-state index in [0.29, 0.717) is 0 Å². The van der Waals surface area contributed by atoms with Crippen molar-refractivity contribution in [3.8, 4) is 67.5 Å². The first-order valence-corrected chi connectivity index (χ1v) is 25.4. The minimum atomic E-state index is 1.09. The number of hydrogen-bond donors (Lipinski definition) is 0. The van der Waals surface area contributed by atoms with Gasteiger partial charge in [-0.2, -0.15) is 0 Å². The first kappa shape index (κ1) is 41.8. The molecule has 15 rings (SSSR count). The first-order valence-electron chi connectivity index (χ1n) is 25.4. The van der Waals surface area contributed by atoms with E-state index in [-0.39, 0.29) is 0 Å². The van der Waals surface area contributed by atoms with E-state index < -0.39 is 0 Å². The second kappa shape index (κ2) is 16.9. The van der Waals surface area contributed by atoms with Crippen molar-refractivity contribution >= 4 is 65.4 Å². The fraction of sp³-hybridized carbons (Fsp3) is 0. The largest absolute Gasteiger partial charge is 0.309 e. The second-order valence-corrected chi connectivity index (χ2v) is 19.2. The zero-order valence-corrected chi connectivity index (χ0v) is 40.3. The second-order valence-electron chi connectivity index (χ2n) is 19.2. The van der Waals surface area contributed by atoms with E-state index in [1.807, 2.05) is 0 Å². The predicted octanol–water partition coefficient (Wildman–Crippen LogP) is 18.4. The van der Waals surface area contributed by atoms with Crippen molar-refractivity contribution in [2.75, 3.05) is 0 Å². The molecule has 4 heteroatoms. The van der Waals surface area contributed by atoms with Gasteiger partial charge in [0, 0.05) is 66.2 Å². The predicted molar refractivity (Wildman–Crippen MR) is 311 cm³/mol. The molecule has 74 heavy (non-hydrogen) atoms. The van der Waals surface area contributed by atoms with Gasteiger partial charge in [0.15, 0.2) is 0 Å². The Balaban J connectivity index is 1.03. The topological polar surface area (TPSA) is 19.7 Å². The third-order valence-corrected chi connectivity index (χ3v) is 15.2. The summed E-state index contributed by atoms with van der Waals surface area (Å²) in [5, 5.41) is 7.36. The number of fused-ring (bicyclic) bond motifs is 8. The van der Waals surface area contributed by atoms with Crippen molar-refractivity contribution in [2.45, 2.75) is 0 Å². The van der Waals surface area contributed by atoms with Crippen LogP contribution in [-0.4, -0.2) is 18.3 Å². The molecule has 15 aromatic rings. The highest BCUT2D eigenvalue weighted by molar-refractivity contribution is 6.16. The molecule has 0 atom stereocenters. The Bertz CT molecular complexity index is 4190. The number of para-hydroxylation sites is 4. The van der Waals surface area contributed by atoms with Gasteiger partial charge in [-0.05, 0) is 107 Å². The van der Waals surface area contributed by atoms with E-state index >= 15 is 0 Å². The van der Waals surface area contributed by atoms with Crippen molar-refractivity contribution in [1.82, 2.24) is 18.3 Å². The number of aromatic nitrogens is 4. The highest BCUT2D eigenvalue weighted by Crippen LogP contribution is 2.49. The zero-order valence-electron chi connectivity index (χ0n) is 40.3. The first-order chi connectivity index (χ1) is 36.8. The van der Waals surface area contributed by atoms with Crippen LogP contribution in [0.15, 0.2) is 279 Å². The van der Waals surface area contributed by atoms with Gasteiger partial charge in [-0.25, -0.2) is 0 Å². The minimum Gasteiger partial charge on any atom is -0.309 e. The smallest absolute Gasteiger partial charge is 0.0619 e. The number of rotatable bonds is 8. The average molecular weight is 943 g/mol. The maximum absolute atomic E-state index is 2.51. The standard InChI is InChI=1S/C70H46N4/c1-5-21-47(22-6-1)67-59-45-66-60(46-65(59)73(69(67)49-25-9-3-10-26-49)53-41-37-51(38-42-53)71-61-33-17-13-29-55(61)56-30-14-18-34-62(56)71)68(48-23-7-2-8-24-48)70(50-27-11-4-12-28-50)74(66)54-43-39-52(40-44-54)72-63-35-19-15-31-57(63)58-32-16-20-36-64(58)72/h1-46H. The molecule has 4 nitrogen and oxygen atoms in total. The van der Waals surface area contributed by atoms with E-state index in [0.717, 1.165) is 67.4 Å². The van der Waals surface area contributed by atoms with Gasteiger partial charge < -0.3 is 18.3 Å². The van der Waals surface area contributed by atoms with Gasteiger partial charge in [0.25, 0.3) is 0 Å². The molecule has 11 aromatic carbocycles. The average Bonchev–Trinajstić information content (AvgIpc) is 4.21. The summed E-state index contributed by atoms with van der Waals surface area (Å²) in [6.45, 7) is 0. The maximum Gasteiger partial charge on any atom is 0.0619 e. The molecular formula is C70H46N4. The van der Waals surface area contributed by atoms with Gasteiger partial charge in [-0.1, -0.05) is 194 Å². The van der Waals surface area contributed by atoms with Gasteiger partial charge in [0.1, 0.15) is 0 Å². The molecule has 0 spiro atoms. The molecule has 0 aliphatic heterocycles. The monoisotopic (exact) mass is 942 g/mol. The van der Waals surface area contributed by atoms with Gasteiger partial charge >= 0.3 is 0 Å². The van der Waals surface area contributed by atoms with E-state index in [9.17, 15) is 0 Å². The Morgan fingerprint density at radius 1 is 0.176 bits per heavy atom. The lowest BCUT2D eigenvalue weighted by Crippen LogP contribution is -2.00. The molecule has 4 heterocycles. The quantitative estimate of drug-likeness (QED) is 0.145. The van der Waals surface area contributed by atoms with Crippen molar-refractivity contribution in [1.29, 1.82) is 0 Å². The van der Waals surface area contributed by atoms with Crippen LogP contribution in [0.25, 0.3) is 133 Å². The van der Waals surface area contributed by atoms with E-state index in [4.69, 9.17) is 0 Å². The summed E-state index contributed by atoms with van der Waals surface area (Å²) in [7, 11) is 0. The molecule has 0 fully saturated rings. The van der Waals surface area contributed by atoms with Gasteiger partial charge in [0.2, 0.25) is 0 Å². The molecule has 0 amide bonds. The number of nitrogens with zero attached hydrogens (tertiary/aromatic N) is 4. The molecule has 0 saturated heterocycles. The van der Waals surface area contributed by atoms with Crippen LogP contribution < -0.4 is 0 Å². The summed E-state index contributed by atoms with van der Waals surface area (Å²) in [6, 6.07) is 102. The van der Waals surface area contributed by atoms with Crippen molar-refractivity contribution in [2.24, 2.45) is 0 Å². The maximum atomic E-state index is 2.51. The lowest BCUT2D eigenvalue weighted by Gasteiger charge is -2.15. The van der Waals surface area contributed by atoms with Crippen LogP contribution >= 0.6 is 0 Å². The fourth-order valence-electron chi connectivity index (χ4n) is 12.0. The normalized spacial score (nSPS) is 11.8. The van der Waals surface area contributed by atoms with Gasteiger partial charge in [-0.3, -0.25) is 0 Å². The van der Waals surface area contributed by atoms with E-state index in [2.05, 4.69) is 297 Å². The molecule has 0 N–H and O–H groups in total. The Morgan fingerprint density at radius 2 is 0.419 bits per heavy atom. The summed E-state index contributed by atoms with van der Waals surface area (Å²) in [4.78, 5) is 0. The molecular weight excluding hydrogens is 897 g/mol. The van der Waals surface area contributed by atoms with Crippen molar-refractivity contribution in [3.63, 3.8) is 0 Å². The van der Waals surface area contributed by atoms with Gasteiger partial charge in [-0.15, -0.1) is 0 Å². The Morgan fingerprint density at radius 3 is 0.716 bits per heavy atom. The van der Waals surface area contributed by atoms with Crippen LogP contribution in [0, 0.1) is 0 Å². The Labute approximate surface area is 428 Å². The molecule has 4 aromatic heterocycles. The summed E-state index contributed by atoms with van der Waals surface area (Å²) in [6.07, 6.45) is 0. The van der Waals surface area contributed by atoms with E-state index in [1.54, 1.807) is 0 Å². The summed E-state index contributed by atoms with van der Waals surface area (Å²) in [5.41, 5.74) is 20.8. The molecule has 0 aliphatic rings. The Kier molecular flexibility index (Phi) is 9.54. The highest BCUT2D eigenvalue weighted by atomic mass is 15.0. The van der Waals surface area contributed by atoms with Crippen LogP contribution in [0.1, 0.15) is 0 Å². The molecule has 346 valence electrons. The van der Waals surface area contributed by atoms with Crippen molar-refractivity contribution < 1.29 is 0 Å². The third-order valence-electron chi connectivity index (χ3n) is 15.2. The Hall–Kier alpha value is -9.90. The number of hydrogen-bond acceptors (Lipinski definition) is 0. The summed E-state index contributed by atoms with van der Waals surface area (Å²) < 4.78 is 9.82. The van der Waals surface area contributed by atoms with Gasteiger partial charge in [0.05, 0.1) is 44.5 Å². The zero-order chi connectivity index (χ0) is 48.7. The van der Waals surface area contributed by atoms with Crippen LogP contribution in [0.2, 0.25) is 0 Å². The van der Waals surface area contributed by atoms with E-state index in [1.165, 1.54) is 65.5 Å². The van der Waals surface area contributed by atoms with Crippen molar-refractivity contribution in [3.05, 3.63) is 279 Å². The lowest BCUT2D eigenvalue weighted by atomic mass is 9.96. The van der Waals surface area contributed by atoms with Crippen LogP contribution in [0.4, 0.5) is 0 Å². The molecule has 0 saturated carbocycles. The highest BCUT2D eigenvalue weighted by Gasteiger charge is 2.27. The molecule has 0 radical (unpaired) electrons. The lowest BCUT2D eigenvalue weighted by molar-refractivity contribution is 1.11.